The van der Waals surface area contributed by atoms with E-state index in [1.54, 1.807) is 0 Å². The molecule has 1 saturated heterocycles. The van der Waals surface area contributed by atoms with E-state index in [0.717, 1.165) is 34.7 Å². The summed E-state index contributed by atoms with van der Waals surface area (Å²) in [7, 11) is 0. The maximum atomic E-state index is 11.3. The Morgan fingerprint density at radius 3 is 2.32 bits per heavy atom. The Bertz CT molecular complexity index is 983. The van der Waals surface area contributed by atoms with E-state index < -0.39 is 6.10 Å². The van der Waals surface area contributed by atoms with E-state index in [1.807, 2.05) is 54.6 Å². The first-order valence-electron chi connectivity index (χ1n) is 11.2. The Labute approximate surface area is 184 Å². The number of fused-ring (bicyclic) bond motifs is 1. The molecule has 0 spiro atoms. The Kier molecular flexibility index (Phi) is 5.92. The van der Waals surface area contributed by atoms with E-state index in [1.165, 1.54) is 25.9 Å². The molecule has 1 unspecified atom stereocenters. The molecule has 0 saturated carbocycles. The Balaban J connectivity index is 1.36. The number of aliphatic hydroxyl groups excluding tert-OH is 1. The van der Waals surface area contributed by atoms with Crippen molar-refractivity contribution in [2.24, 2.45) is 0 Å². The first kappa shape index (κ1) is 20.1. The lowest BCUT2D eigenvalue weighted by Crippen LogP contribution is -2.28. The van der Waals surface area contributed by atoms with Crippen molar-refractivity contribution in [3.8, 4) is 11.5 Å². The summed E-state index contributed by atoms with van der Waals surface area (Å²) < 4.78 is 12.4. The zero-order valence-corrected chi connectivity index (χ0v) is 17.7. The number of para-hydroxylation sites is 1. The van der Waals surface area contributed by atoms with Crippen molar-refractivity contribution in [1.82, 2.24) is 4.90 Å². The number of rotatable bonds is 6. The molecule has 160 valence electrons. The van der Waals surface area contributed by atoms with Gasteiger partial charge in [-0.05, 0) is 55.3 Å². The molecular weight excluding hydrogens is 386 g/mol. The highest BCUT2D eigenvalue weighted by molar-refractivity contribution is 5.43. The van der Waals surface area contributed by atoms with Gasteiger partial charge in [-0.15, -0.1) is 0 Å². The van der Waals surface area contributed by atoms with Crippen LogP contribution in [0, 0.1) is 0 Å². The molecule has 0 amide bonds. The van der Waals surface area contributed by atoms with Gasteiger partial charge in [-0.1, -0.05) is 60.7 Å². The van der Waals surface area contributed by atoms with Crippen LogP contribution in [0.15, 0.2) is 78.9 Å². The quantitative estimate of drug-likeness (QED) is 0.607. The van der Waals surface area contributed by atoms with Gasteiger partial charge in [-0.25, -0.2) is 0 Å². The summed E-state index contributed by atoms with van der Waals surface area (Å²) in [5.41, 5.74) is 2.95. The van der Waals surface area contributed by atoms with Crippen LogP contribution in [-0.2, 0) is 0 Å². The summed E-state index contributed by atoms with van der Waals surface area (Å²) in [6.45, 7) is 4.06. The summed E-state index contributed by atoms with van der Waals surface area (Å²) in [4.78, 5) is 2.45. The van der Waals surface area contributed by atoms with Crippen molar-refractivity contribution < 1.29 is 14.6 Å². The van der Waals surface area contributed by atoms with E-state index in [-0.39, 0.29) is 12.0 Å². The molecular formula is C27H29NO3. The zero-order valence-electron chi connectivity index (χ0n) is 17.7. The molecule has 0 aromatic heterocycles. The fraction of sp³-hybridized carbons (Fsp3) is 0.333. The van der Waals surface area contributed by atoms with Gasteiger partial charge in [0.25, 0.3) is 0 Å². The monoisotopic (exact) mass is 415 g/mol. The molecule has 1 fully saturated rings. The summed E-state index contributed by atoms with van der Waals surface area (Å²) in [5.74, 6) is 1.44. The second-order valence-corrected chi connectivity index (χ2v) is 8.42. The average molecular weight is 416 g/mol. The lowest BCUT2D eigenvalue weighted by molar-refractivity contribution is 0.0379. The van der Waals surface area contributed by atoms with Gasteiger partial charge in [-0.3, -0.25) is 4.90 Å². The lowest BCUT2D eigenvalue weighted by Gasteiger charge is -2.38. The van der Waals surface area contributed by atoms with E-state index in [9.17, 15) is 5.11 Å². The van der Waals surface area contributed by atoms with Crippen LogP contribution in [-0.4, -0.2) is 36.2 Å². The van der Waals surface area contributed by atoms with E-state index in [2.05, 4.69) is 29.2 Å². The molecule has 2 aliphatic heterocycles. The molecule has 3 atom stereocenters. The van der Waals surface area contributed by atoms with Crippen molar-refractivity contribution in [3.05, 3.63) is 95.6 Å². The van der Waals surface area contributed by atoms with Crippen LogP contribution in [0.3, 0.4) is 0 Å². The maximum absolute atomic E-state index is 11.3. The Morgan fingerprint density at radius 2 is 1.55 bits per heavy atom. The first-order chi connectivity index (χ1) is 15.3. The van der Waals surface area contributed by atoms with Crippen LogP contribution >= 0.6 is 0 Å². The van der Waals surface area contributed by atoms with E-state index >= 15 is 0 Å². The highest BCUT2D eigenvalue weighted by Crippen LogP contribution is 2.49. The number of hydrogen-bond acceptors (Lipinski definition) is 4. The predicted octanol–water partition coefficient (Wildman–Crippen LogP) is 5.11. The predicted molar refractivity (Wildman–Crippen MR) is 122 cm³/mol. The molecule has 3 aromatic carbocycles. The minimum Gasteiger partial charge on any atom is -0.492 e. The van der Waals surface area contributed by atoms with Crippen LogP contribution in [0.4, 0.5) is 0 Å². The third-order valence-corrected chi connectivity index (χ3v) is 6.43. The van der Waals surface area contributed by atoms with Crippen molar-refractivity contribution >= 4 is 0 Å². The zero-order chi connectivity index (χ0) is 21.0. The van der Waals surface area contributed by atoms with Crippen molar-refractivity contribution in [1.29, 1.82) is 0 Å². The van der Waals surface area contributed by atoms with Gasteiger partial charge in [0.2, 0.25) is 0 Å². The molecule has 2 heterocycles. The van der Waals surface area contributed by atoms with E-state index in [0.29, 0.717) is 6.61 Å². The van der Waals surface area contributed by atoms with Crippen LogP contribution < -0.4 is 9.47 Å². The highest BCUT2D eigenvalue weighted by Gasteiger charge is 2.39. The number of aliphatic hydroxyl groups is 1. The van der Waals surface area contributed by atoms with E-state index in [4.69, 9.17) is 9.47 Å². The fourth-order valence-electron chi connectivity index (χ4n) is 4.76. The van der Waals surface area contributed by atoms with Gasteiger partial charge < -0.3 is 14.6 Å². The fourth-order valence-corrected chi connectivity index (χ4v) is 4.76. The smallest absolute Gasteiger partial charge is 0.133 e. The molecule has 1 N–H and O–H groups in total. The van der Waals surface area contributed by atoms with Gasteiger partial charge in [0.15, 0.2) is 0 Å². The van der Waals surface area contributed by atoms with Crippen molar-refractivity contribution in [3.63, 3.8) is 0 Å². The molecule has 4 nitrogen and oxygen atoms in total. The molecule has 5 rings (SSSR count). The molecule has 0 bridgehead atoms. The third kappa shape index (κ3) is 4.32. The van der Waals surface area contributed by atoms with Crippen molar-refractivity contribution in [2.45, 2.75) is 31.0 Å². The van der Waals surface area contributed by atoms with Gasteiger partial charge in [-0.2, -0.15) is 0 Å². The van der Waals surface area contributed by atoms with Crippen LogP contribution in [0.1, 0.15) is 47.7 Å². The number of benzene rings is 3. The molecule has 0 radical (unpaired) electrons. The Morgan fingerprint density at radius 1 is 0.839 bits per heavy atom. The second-order valence-electron chi connectivity index (χ2n) is 8.42. The lowest BCUT2D eigenvalue weighted by atomic mass is 9.80. The minimum absolute atomic E-state index is 0.182. The molecule has 0 aliphatic carbocycles. The van der Waals surface area contributed by atoms with Crippen LogP contribution in [0.5, 0.6) is 11.5 Å². The SMILES string of the molecule is OC1c2ccccc2O[C@@H](c2ccc(OCCN3CCCC3)cc2)[C@@H]1c1ccccc1. The standard InChI is InChI=1S/C27H29NO3/c29-26-23-10-4-5-11-24(23)31-27(25(26)20-8-2-1-3-9-20)21-12-14-22(15-13-21)30-19-18-28-16-6-7-17-28/h1-5,8-15,25-27,29H,6-7,16-19H2/t25-,26?,27+/m1/s1. The van der Waals surface area contributed by atoms with Gasteiger partial charge in [0.05, 0.1) is 12.0 Å². The number of ether oxygens (including phenoxy) is 2. The maximum Gasteiger partial charge on any atom is 0.133 e. The molecule has 4 heteroatoms. The van der Waals surface area contributed by atoms with Gasteiger partial charge in [0, 0.05) is 12.1 Å². The van der Waals surface area contributed by atoms with Gasteiger partial charge in [0.1, 0.15) is 24.2 Å². The number of likely N-dealkylation sites (tertiary alicyclic amines) is 1. The summed E-state index contributed by atoms with van der Waals surface area (Å²) in [6.07, 6.45) is 1.70. The minimum atomic E-state index is -0.631. The average Bonchev–Trinajstić information content (AvgIpc) is 3.34. The second kappa shape index (κ2) is 9.13. The number of hydrogen-bond donors (Lipinski definition) is 1. The van der Waals surface area contributed by atoms with Crippen LogP contribution in [0.25, 0.3) is 0 Å². The topological polar surface area (TPSA) is 41.9 Å². The summed E-state index contributed by atoms with van der Waals surface area (Å²) in [5, 5.41) is 11.3. The first-order valence-corrected chi connectivity index (χ1v) is 11.2. The van der Waals surface area contributed by atoms with Gasteiger partial charge >= 0.3 is 0 Å². The normalized spacial score (nSPS) is 23.2. The summed E-state index contributed by atoms with van der Waals surface area (Å²) in [6, 6.07) is 26.1. The summed E-state index contributed by atoms with van der Waals surface area (Å²) >= 11 is 0. The molecule has 31 heavy (non-hydrogen) atoms. The highest BCUT2D eigenvalue weighted by atomic mass is 16.5. The molecule has 2 aliphatic rings. The molecule has 3 aromatic rings. The third-order valence-electron chi connectivity index (χ3n) is 6.43. The van der Waals surface area contributed by atoms with Crippen LogP contribution in [0.2, 0.25) is 0 Å². The largest absolute Gasteiger partial charge is 0.492 e. The number of nitrogens with zero attached hydrogens (tertiary/aromatic N) is 1. The Hall–Kier alpha value is -2.82. The van der Waals surface area contributed by atoms with Crippen molar-refractivity contribution in [2.75, 3.05) is 26.2 Å².